The number of hydrogen-bond donors (Lipinski definition) is 0. The fourth-order valence-electron chi connectivity index (χ4n) is 2.54. The van der Waals surface area contributed by atoms with Crippen molar-refractivity contribution in [3.05, 3.63) is 96.6 Å². The third-order valence-electron chi connectivity index (χ3n) is 4.03. The molecule has 0 saturated heterocycles. The van der Waals surface area contributed by atoms with E-state index < -0.39 is 23.8 Å². The van der Waals surface area contributed by atoms with Crippen LogP contribution in [-0.4, -0.2) is 12.1 Å². The van der Waals surface area contributed by atoms with E-state index in [1.165, 1.54) is 18.2 Å². The fraction of sp³-hybridized carbons (Fsp3) is 0.125. The van der Waals surface area contributed by atoms with E-state index in [1.54, 1.807) is 61.5 Å². The lowest BCUT2D eigenvalue weighted by Gasteiger charge is -2.12. The molecule has 0 spiro atoms. The van der Waals surface area contributed by atoms with E-state index in [0.29, 0.717) is 17.2 Å². The van der Waals surface area contributed by atoms with E-state index in [2.05, 4.69) is 0 Å². The number of ether oxygens (including phenoxy) is 3. The largest absolute Gasteiger partial charge is 0.487 e. The second-order valence-corrected chi connectivity index (χ2v) is 6.51. The van der Waals surface area contributed by atoms with Crippen LogP contribution in [0.5, 0.6) is 23.0 Å². The lowest BCUT2D eigenvalue weighted by molar-refractivity contribution is -0.137. The minimum Gasteiger partial charge on any atom is -0.487 e. The summed E-state index contributed by atoms with van der Waals surface area (Å²) in [6.45, 7) is 1.76. The van der Waals surface area contributed by atoms with E-state index in [4.69, 9.17) is 14.2 Å². The zero-order chi connectivity index (χ0) is 22.3. The molecule has 0 saturated carbocycles. The summed E-state index contributed by atoms with van der Waals surface area (Å²) in [6, 6.07) is 19.7. The number of rotatable bonds is 7. The topological polar surface area (TPSA) is 44.8 Å². The number of hydrogen-bond acceptors (Lipinski definition) is 4. The van der Waals surface area contributed by atoms with Gasteiger partial charge in [0.15, 0.2) is 0 Å². The quantitative estimate of drug-likeness (QED) is 0.247. The molecule has 7 heteroatoms. The average Bonchev–Trinajstić information content (AvgIpc) is 2.74. The highest BCUT2D eigenvalue weighted by Crippen LogP contribution is 2.31. The SMILES string of the molecule is CC(C=CC(=O)Oc1ccccc1)Oc1ccc(Oc2ccc(C(F)(F)F)cc2)cc1. The molecule has 0 radical (unpaired) electrons. The van der Waals surface area contributed by atoms with Crippen molar-refractivity contribution in [1.29, 1.82) is 0 Å². The predicted molar refractivity (Wildman–Crippen MR) is 109 cm³/mol. The molecule has 3 aromatic rings. The number of carbonyl (C=O) groups excluding carboxylic acids is 1. The van der Waals surface area contributed by atoms with Gasteiger partial charge >= 0.3 is 12.1 Å². The highest BCUT2D eigenvalue weighted by Gasteiger charge is 2.30. The molecular weight excluding hydrogens is 409 g/mol. The van der Waals surface area contributed by atoms with Crippen LogP contribution in [0.4, 0.5) is 13.2 Å². The van der Waals surface area contributed by atoms with Gasteiger partial charge in [-0.15, -0.1) is 0 Å². The molecule has 0 aliphatic heterocycles. The first-order valence-electron chi connectivity index (χ1n) is 9.36. The smallest absolute Gasteiger partial charge is 0.416 e. The van der Waals surface area contributed by atoms with Crippen LogP contribution in [0.2, 0.25) is 0 Å². The van der Waals surface area contributed by atoms with Crippen LogP contribution >= 0.6 is 0 Å². The minimum absolute atomic E-state index is 0.287. The van der Waals surface area contributed by atoms with Gasteiger partial charge in [-0.1, -0.05) is 18.2 Å². The van der Waals surface area contributed by atoms with Gasteiger partial charge in [0.2, 0.25) is 0 Å². The molecule has 0 heterocycles. The lowest BCUT2D eigenvalue weighted by atomic mass is 10.2. The Labute approximate surface area is 177 Å². The van der Waals surface area contributed by atoms with Crippen molar-refractivity contribution < 1.29 is 32.2 Å². The highest BCUT2D eigenvalue weighted by atomic mass is 19.4. The van der Waals surface area contributed by atoms with Crippen LogP contribution in [0.25, 0.3) is 0 Å². The number of halogens is 3. The maximum Gasteiger partial charge on any atom is 0.416 e. The molecule has 0 amide bonds. The van der Waals surface area contributed by atoms with Crippen molar-refractivity contribution in [2.45, 2.75) is 19.2 Å². The first-order chi connectivity index (χ1) is 14.8. The Balaban J connectivity index is 1.51. The Morgan fingerprint density at radius 3 is 1.94 bits per heavy atom. The molecule has 31 heavy (non-hydrogen) atoms. The van der Waals surface area contributed by atoms with Crippen LogP contribution in [0, 0.1) is 0 Å². The lowest BCUT2D eigenvalue weighted by Crippen LogP contribution is -2.10. The number of carbonyl (C=O) groups is 1. The molecule has 0 N–H and O–H groups in total. The minimum atomic E-state index is -4.39. The summed E-state index contributed by atoms with van der Waals surface area (Å²) in [6.07, 6.45) is -1.93. The first kappa shape index (κ1) is 22.0. The van der Waals surface area contributed by atoms with Crippen molar-refractivity contribution in [2.75, 3.05) is 0 Å². The molecule has 0 aliphatic carbocycles. The van der Waals surface area contributed by atoms with E-state index in [1.807, 2.05) is 6.07 Å². The van der Waals surface area contributed by atoms with Gasteiger partial charge < -0.3 is 14.2 Å². The maximum absolute atomic E-state index is 12.6. The third kappa shape index (κ3) is 6.92. The van der Waals surface area contributed by atoms with Crippen molar-refractivity contribution in [2.24, 2.45) is 0 Å². The van der Waals surface area contributed by atoms with E-state index in [-0.39, 0.29) is 5.75 Å². The standard InChI is InChI=1S/C24H19F3O4/c1-17(7-16-23(28)31-19-5-3-2-4-6-19)29-20-12-14-22(15-13-20)30-21-10-8-18(9-11-21)24(25,26)27/h2-17H,1H3. The summed E-state index contributed by atoms with van der Waals surface area (Å²) >= 11 is 0. The van der Waals surface area contributed by atoms with Crippen molar-refractivity contribution in [1.82, 2.24) is 0 Å². The molecule has 0 aliphatic rings. The van der Waals surface area contributed by atoms with E-state index in [0.717, 1.165) is 12.1 Å². The molecule has 3 rings (SSSR count). The molecule has 3 aromatic carbocycles. The molecule has 1 atom stereocenters. The molecule has 4 nitrogen and oxygen atoms in total. The maximum atomic E-state index is 12.6. The predicted octanol–water partition coefficient (Wildman–Crippen LogP) is 6.43. The zero-order valence-electron chi connectivity index (χ0n) is 16.5. The Hall–Kier alpha value is -3.74. The van der Waals surface area contributed by atoms with Crippen LogP contribution in [0.15, 0.2) is 91.0 Å². The van der Waals surface area contributed by atoms with Crippen LogP contribution < -0.4 is 14.2 Å². The molecule has 160 valence electrons. The van der Waals surface area contributed by atoms with E-state index >= 15 is 0 Å². The van der Waals surface area contributed by atoms with Crippen molar-refractivity contribution in [3.63, 3.8) is 0 Å². The highest BCUT2D eigenvalue weighted by molar-refractivity contribution is 5.84. The zero-order valence-corrected chi connectivity index (χ0v) is 16.5. The Bertz CT molecular complexity index is 1010. The summed E-state index contributed by atoms with van der Waals surface area (Å²) in [4.78, 5) is 11.8. The molecule has 1 unspecified atom stereocenters. The van der Waals surface area contributed by atoms with Gasteiger partial charge in [0, 0.05) is 6.08 Å². The summed E-state index contributed by atoms with van der Waals surface area (Å²) in [5.74, 6) is 1.21. The third-order valence-corrected chi connectivity index (χ3v) is 4.03. The number of para-hydroxylation sites is 1. The molecule has 0 aromatic heterocycles. The Morgan fingerprint density at radius 2 is 1.35 bits per heavy atom. The second-order valence-electron chi connectivity index (χ2n) is 6.51. The average molecular weight is 428 g/mol. The van der Waals surface area contributed by atoms with Gasteiger partial charge in [-0.3, -0.25) is 0 Å². The van der Waals surface area contributed by atoms with Crippen LogP contribution in [0.3, 0.4) is 0 Å². The number of alkyl halides is 3. The van der Waals surface area contributed by atoms with E-state index in [9.17, 15) is 18.0 Å². The van der Waals surface area contributed by atoms with Gasteiger partial charge in [0.25, 0.3) is 0 Å². The Kier molecular flexibility index (Phi) is 6.97. The van der Waals surface area contributed by atoms with Gasteiger partial charge in [-0.05, 0) is 73.7 Å². The molecular formula is C24H19F3O4. The molecule has 0 bridgehead atoms. The van der Waals surface area contributed by atoms with Crippen LogP contribution in [0.1, 0.15) is 12.5 Å². The fourth-order valence-corrected chi connectivity index (χ4v) is 2.54. The second kappa shape index (κ2) is 9.84. The van der Waals surface area contributed by atoms with Crippen molar-refractivity contribution >= 4 is 5.97 Å². The van der Waals surface area contributed by atoms with Crippen molar-refractivity contribution in [3.8, 4) is 23.0 Å². The van der Waals surface area contributed by atoms with Gasteiger partial charge in [0.1, 0.15) is 29.1 Å². The van der Waals surface area contributed by atoms with Gasteiger partial charge in [-0.2, -0.15) is 13.2 Å². The van der Waals surface area contributed by atoms with Gasteiger partial charge in [-0.25, -0.2) is 4.79 Å². The summed E-state index contributed by atoms with van der Waals surface area (Å²) in [5, 5.41) is 0. The van der Waals surface area contributed by atoms with Crippen LogP contribution in [-0.2, 0) is 11.0 Å². The van der Waals surface area contributed by atoms with Gasteiger partial charge in [0.05, 0.1) is 5.56 Å². The first-order valence-corrected chi connectivity index (χ1v) is 9.36. The number of esters is 1. The number of benzene rings is 3. The Morgan fingerprint density at radius 1 is 0.806 bits per heavy atom. The monoisotopic (exact) mass is 428 g/mol. The molecule has 0 fully saturated rings. The summed E-state index contributed by atoms with van der Waals surface area (Å²) in [5.41, 5.74) is -0.738. The normalized spacial score (nSPS) is 12.4. The summed E-state index contributed by atoms with van der Waals surface area (Å²) in [7, 11) is 0. The summed E-state index contributed by atoms with van der Waals surface area (Å²) < 4.78 is 54.2.